The molecule has 0 rings (SSSR count). The Balaban J connectivity index is 3.71. The highest BCUT2D eigenvalue weighted by Gasteiger charge is 2.17. The van der Waals surface area contributed by atoms with Gasteiger partial charge >= 0.3 is 5.97 Å². The summed E-state index contributed by atoms with van der Waals surface area (Å²) in [6.07, 6.45) is -1.40. The molecule has 0 aliphatic heterocycles. The van der Waals surface area contributed by atoms with E-state index in [1.54, 1.807) is 0 Å². The van der Waals surface area contributed by atoms with E-state index in [4.69, 9.17) is 5.11 Å². The number of halogens is 2. The fourth-order valence-electron chi connectivity index (χ4n) is 1.07. The Morgan fingerprint density at radius 2 is 1.92 bits per heavy atom. The highest BCUT2D eigenvalue weighted by Crippen LogP contribution is 2.16. The molecule has 1 N–H and O–H groups in total. The molecule has 0 aromatic rings. The summed E-state index contributed by atoms with van der Waals surface area (Å²) in [7, 11) is 0. The van der Waals surface area contributed by atoms with Gasteiger partial charge in [0.15, 0.2) is 0 Å². The van der Waals surface area contributed by atoms with E-state index in [-0.39, 0.29) is 12.8 Å². The maximum Gasteiger partial charge on any atom is 0.306 e. The van der Waals surface area contributed by atoms with Crippen LogP contribution in [0.4, 0.5) is 8.78 Å². The van der Waals surface area contributed by atoms with Gasteiger partial charge in [0.05, 0.1) is 5.92 Å². The maximum atomic E-state index is 11.7. The Bertz CT molecular complexity index is 137. The zero-order chi connectivity index (χ0) is 9.56. The van der Waals surface area contributed by atoms with E-state index >= 15 is 0 Å². The standard InChI is InChI=1S/C8H14F2O2/c1-2-3-6(8(11)12)4-5-7(9)10/h6-7H,2-5H2,1H3,(H,11,12). The third kappa shape index (κ3) is 5.04. The summed E-state index contributed by atoms with van der Waals surface area (Å²) in [6, 6.07) is 0. The molecular weight excluding hydrogens is 166 g/mol. The van der Waals surface area contributed by atoms with Crippen molar-refractivity contribution in [2.45, 2.75) is 39.0 Å². The number of aliphatic carboxylic acids is 1. The average molecular weight is 180 g/mol. The number of rotatable bonds is 6. The van der Waals surface area contributed by atoms with E-state index in [0.29, 0.717) is 6.42 Å². The molecule has 0 aromatic carbocycles. The normalized spacial score (nSPS) is 13.3. The van der Waals surface area contributed by atoms with Gasteiger partial charge < -0.3 is 5.11 Å². The number of hydrogen-bond acceptors (Lipinski definition) is 1. The minimum atomic E-state index is -2.39. The summed E-state index contributed by atoms with van der Waals surface area (Å²) in [6.45, 7) is 1.85. The summed E-state index contributed by atoms with van der Waals surface area (Å²) >= 11 is 0. The Kier molecular flexibility index (Phi) is 5.58. The van der Waals surface area contributed by atoms with Gasteiger partial charge in [0.2, 0.25) is 6.43 Å². The average Bonchev–Trinajstić information content (AvgIpc) is 1.96. The van der Waals surface area contributed by atoms with E-state index in [1.807, 2.05) is 6.92 Å². The summed E-state index contributed by atoms with van der Waals surface area (Å²) in [5, 5.41) is 8.57. The number of carboxylic acids is 1. The number of carbonyl (C=O) groups is 1. The Hall–Kier alpha value is -0.670. The first-order valence-corrected chi connectivity index (χ1v) is 4.08. The third-order valence-corrected chi connectivity index (χ3v) is 1.72. The van der Waals surface area contributed by atoms with Crippen LogP contribution in [-0.4, -0.2) is 17.5 Å². The molecule has 0 radical (unpaired) electrons. The van der Waals surface area contributed by atoms with Crippen LogP contribution in [0.2, 0.25) is 0 Å². The Morgan fingerprint density at radius 1 is 1.33 bits per heavy atom. The van der Waals surface area contributed by atoms with Crippen molar-refractivity contribution in [1.82, 2.24) is 0 Å². The van der Waals surface area contributed by atoms with Gasteiger partial charge in [0.25, 0.3) is 0 Å². The van der Waals surface area contributed by atoms with Crippen LogP contribution >= 0.6 is 0 Å². The molecule has 2 nitrogen and oxygen atoms in total. The molecule has 0 bridgehead atoms. The summed E-state index contributed by atoms with van der Waals surface area (Å²) in [5.74, 6) is -1.55. The van der Waals surface area contributed by atoms with Crippen LogP contribution < -0.4 is 0 Å². The summed E-state index contributed by atoms with van der Waals surface area (Å²) in [5.41, 5.74) is 0. The molecule has 0 fully saturated rings. The molecule has 0 spiro atoms. The lowest BCUT2D eigenvalue weighted by molar-refractivity contribution is -0.142. The molecule has 1 unspecified atom stereocenters. The van der Waals surface area contributed by atoms with Gasteiger partial charge in [-0.3, -0.25) is 4.79 Å². The first-order valence-electron chi connectivity index (χ1n) is 4.08. The number of alkyl halides is 2. The Morgan fingerprint density at radius 3 is 2.25 bits per heavy atom. The summed E-state index contributed by atoms with van der Waals surface area (Å²) in [4.78, 5) is 10.5. The lowest BCUT2D eigenvalue weighted by atomic mass is 9.98. The van der Waals surface area contributed by atoms with Crippen molar-refractivity contribution in [3.05, 3.63) is 0 Å². The molecule has 0 amide bonds. The first-order chi connectivity index (χ1) is 5.57. The van der Waals surface area contributed by atoms with Gasteiger partial charge in [-0.15, -0.1) is 0 Å². The molecule has 0 heterocycles. The lowest BCUT2D eigenvalue weighted by Gasteiger charge is -2.09. The molecule has 0 saturated heterocycles. The van der Waals surface area contributed by atoms with E-state index in [1.165, 1.54) is 0 Å². The second-order valence-corrected chi connectivity index (χ2v) is 2.79. The maximum absolute atomic E-state index is 11.7. The highest BCUT2D eigenvalue weighted by atomic mass is 19.3. The van der Waals surface area contributed by atoms with Crippen molar-refractivity contribution in [1.29, 1.82) is 0 Å². The number of carboxylic acid groups (broad SMARTS) is 1. The molecule has 0 aromatic heterocycles. The zero-order valence-electron chi connectivity index (χ0n) is 7.09. The quantitative estimate of drug-likeness (QED) is 0.682. The second-order valence-electron chi connectivity index (χ2n) is 2.79. The van der Waals surface area contributed by atoms with E-state index in [2.05, 4.69) is 0 Å². The van der Waals surface area contributed by atoms with Crippen LogP contribution in [0.25, 0.3) is 0 Å². The van der Waals surface area contributed by atoms with Crippen LogP contribution in [0.1, 0.15) is 32.6 Å². The van der Waals surface area contributed by atoms with E-state index in [0.717, 1.165) is 6.42 Å². The van der Waals surface area contributed by atoms with Gasteiger partial charge in [-0.2, -0.15) is 0 Å². The third-order valence-electron chi connectivity index (χ3n) is 1.72. The topological polar surface area (TPSA) is 37.3 Å². The number of hydrogen-bond donors (Lipinski definition) is 1. The van der Waals surface area contributed by atoms with Crippen molar-refractivity contribution in [3.63, 3.8) is 0 Å². The molecule has 72 valence electrons. The molecule has 1 atom stereocenters. The predicted molar refractivity (Wildman–Crippen MR) is 41.3 cm³/mol. The monoisotopic (exact) mass is 180 g/mol. The first kappa shape index (κ1) is 11.3. The van der Waals surface area contributed by atoms with E-state index < -0.39 is 18.3 Å². The Labute approximate surface area is 70.6 Å². The van der Waals surface area contributed by atoms with E-state index in [9.17, 15) is 13.6 Å². The van der Waals surface area contributed by atoms with Crippen LogP contribution in [0.15, 0.2) is 0 Å². The smallest absolute Gasteiger partial charge is 0.306 e. The second kappa shape index (κ2) is 5.91. The molecule has 0 aliphatic rings. The fourth-order valence-corrected chi connectivity index (χ4v) is 1.07. The highest BCUT2D eigenvalue weighted by molar-refractivity contribution is 5.69. The van der Waals surface area contributed by atoms with Crippen LogP contribution in [0.5, 0.6) is 0 Å². The zero-order valence-corrected chi connectivity index (χ0v) is 7.09. The minimum absolute atomic E-state index is 0.0842. The van der Waals surface area contributed by atoms with Crippen LogP contribution in [0, 0.1) is 5.92 Å². The van der Waals surface area contributed by atoms with Crippen LogP contribution in [-0.2, 0) is 4.79 Å². The predicted octanol–water partition coefficient (Wildman–Crippen LogP) is 2.53. The SMILES string of the molecule is CCCC(CCC(F)F)C(=O)O. The molecule has 12 heavy (non-hydrogen) atoms. The van der Waals surface area contributed by atoms with Gasteiger partial charge in [-0.05, 0) is 12.8 Å². The lowest BCUT2D eigenvalue weighted by Crippen LogP contribution is -2.14. The summed E-state index contributed by atoms with van der Waals surface area (Å²) < 4.78 is 23.4. The van der Waals surface area contributed by atoms with Crippen molar-refractivity contribution in [3.8, 4) is 0 Å². The molecular formula is C8H14F2O2. The fraction of sp³-hybridized carbons (Fsp3) is 0.875. The van der Waals surface area contributed by atoms with Gasteiger partial charge in [0, 0.05) is 6.42 Å². The van der Waals surface area contributed by atoms with Gasteiger partial charge in [0.1, 0.15) is 0 Å². The minimum Gasteiger partial charge on any atom is -0.481 e. The van der Waals surface area contributed by atoms with Gasteiger partial charge in [-0.1, -0.05) is 13.3 Å². The van der Waals surface area contributed by atoms with Crippen molar-refractivity contribution >= 4 is 5.97 Å². The largest absolute Gasteiger partial charge is 0.481 e. The van der Waals surface area contributed by atoms with Crippen molar-refractivity contribution in [2.75, 3.05) is 0 Å². The molecule has 4 heteroatoms. The molecule has 0 saturated carbocycles. The van der Waals surface area contributed by atoms with Crippen LogP contribution in [0.3, 0.4) is 0 Å². The van der Waals surface area contributed by atoms with Crippen molar-refractivity contribution < 1.29 is 18.7 Å². The van der Waals surface area contributed by atoms with Gasteiger partial charge in [-0.25, -0.2) is 8.78 Å². The molecule has 0 aliphatic carbocycles. The van der Waals surface area contributed by atoms with Crippen molar-refractivity contribution in [2.24, 2.45) is 5.92 Å².